The van der Waals surface area contributed by atoms with Crippen molar-refractivity contribution in [3.05, 3.63) is 71.0 Å². The van der Waals surface area contributed by atoms with Crippen LogP contribution in [0.1, 0.15) is 49.0 Å². The van der Waals surface area contributed by atoms with Crippen molar-refractivity contribution in [3.8, 4) is 11.5 Å². The van der Waals surface area contributed by atoms with Crippen LogP contribution < -0.4 is 4.74 Å². The third-order valence-corrected chi connectivity index (χ3v) is 9.07. The Kier molecular flexibility index (Phi) is 6.93. The summed E-state index contributed by atoms with van der Waals surface area (Å²) in [6.07, 6.45) is -2.50. The van der Waals surface area contributed by atoms with Crippen molar-refractivity contribution in [2.75, 3.05) is 13.6 Å². The molecule has 226 valence electrons. The van der Waals surface area contributed by atoms with E-state index in [4.69, 9.17) is 18.9 Å². The van der Waals surface area contributed by atoms with Gasteiger partial charge in [0.2, 0.25) is 12.2 Å². The van der Waals surface area contributed by atoms with Gasteiger partial charge < -0.3 is 39.2 Å². The highest BCUT2D eigenvalue weighted by Crippen LogP contribution is 2.65. The second-order valence-corrected chi connectivity index (χ2v) is 11.4. The molecule has 2 heterocycles. The number of likely N-dealkylation sites (tertiary alicyclic amines) is 1. The standard InChI is InChI=1S/C31H31NO11/c1-16(33)40-21(15-23(35)42-25(28(36)37)17-6-4-3-5-7-17)29(38)41-20-10-11-31(39)22-14-18-8-9-19(34)26-24(18)30(31,27(20)43-26)12-13-32(22)2/h3-10,21-22,25,27,34,39H,11-15H2,1-2H3,(H,36,37)/t21?,22-,25?,27+,30+,31-/m1/s1. The van der Waals surface area contributed by atoms with Crippen LogP contribution in [0.2, 0.25) is 0 Å². The number of piperidine rings is 1. The summed E-state index contributed by atoms with van der Waals surface area (Å²) in [6, 6.07) is 10.9. The predicted octanol–water partition coefficient (Wildman–Crippen LogP) is 1.90. The molecule has 2 aromatic carbocycles. The maximum Gasteiger partial charge on any atom is 0.353 e. The summed E-state index contributed by atoms with van der Waals surface area (Å²) in [7, 11) is 1.95. The number of likely N-dealkylation sites (N-methyl/N-ethyl adjacent to an activating group) is 1. The SMILES string of the molecule is CC(=O)OC(CC(=O)OC(C(=O)O)c1ccccc1)C(=O)OC1=CC[C@@]2(O)[C@H]3Cc4ccc(O)c5c4[C@@]2(CCN3C)[C@H]1O5. The Bertz CT molecular complexity index is 1540. The van der Waals surface area contributed by atoms with E-state index in [1.165, 1.54) is 12.1 Å². The van der Waals surface area contributed by atoms with Crippen molar-refractivity contribution < 1.29 is 53.4 Å². The molecule has 2 aliphatic heterocycles. The Hall–Kier alpha value is -4.42. The number of nitrogens with zero attached hydrogens (tertiary/aromatic N) is 1. The number of aliphatic carboxylic acids is 1. The number of ether oxygens (including phenoxy) is 4. The molecule has 2 unspecified atom stereocenters. The van der Waals surface area contributed by atoms with Gasteiger partial charge in [0.25, 0.3) is 0 Å². The first-order valence-corrected chi connectivity index (χ1v) is 14.0. The molecule has 6 rings (SSSR count). The average molecular weight is 594 g/mol. The van der Waals surface area contributed by atoms with E-state index in [9.17, 15) is 34.5 Å². The predicted molar refractivity (Wildman–Crippen MR) is 146 cm³/mol. The van der Waals surface area contributed by atoms with E-state index >= 15 is 0 Å². The minimum absolute atomic E-state index is 0.0552. The summed E-state index contributed by atoms with van der Waals surface area (Å²) >= 11 is 0. The lowest BCUT2D eigenvalue weighted by molar-refractivity contribution is -0.179. The van der Waals surface area contributed by atoms with Crippen LogP contribution in [0.3, 0.4) is 0 Å². The minimum atomic E-state index is -1.75. The maximum atomic E-state index is 13.4. The van der Waals surface area contributed by atoms with Crippen LogP contribution in [0.25, 0.3) is 0 Å². The molecule has 1 spiro atoms. The number of benzene rings is 2. The van der Waals surface area contributed by atoms with Gasteiger partial charge in [-0.1, -0.05) is 36.4 Å². The van der Waals surface area contributed by atoms with Crippen LogP contribution >= 0.6 is 0 Å². The molecule has 12 nitrogen and oxygen atoms in total. The van der Waals surface area contributed by atoms with E-state index in [2.05, 4.69) is 4.90 Å². The van der Waals surface area contributed by atoms with Gasteiger partial charge in [0.1, 0.15) is 5.76 Å². The monoisotopic (exact) mass is 593 g/mol. The number of carboxylic acids is 1. The number of rotatable bonds is 8. The number of hydrogen-bond donors (Lipinski definition) is 3. The van der Waals surface area contributed by atoms with Gasteiger partial charge in [-0.2, -0.15) is 0 Å². The summed E-state index contributed by atoms with van der Waals surface area (Å²) < 4.78 is 22.2. The number of esters is 3. The van der Waals surface area contributed by atoms with Crippen molar-refractivity contribution in [1.82, 2.24) is 4.90 Å². The first-order valence-electron chi connectivity index (χ1n) is 14.0. The van der Waals surface area contributed by atoms with Gasteiger partial charge in [-0.05, 0) is 44.1 Å². The molecule has 1 saturated heterocycles. The molecule has 1 fully saturated rings. The number of phenols is 1. The molecule has 12 heteroatoms. The summed E-state index contributed by atoms with van der Waals surface area (Å²) in [5.74, 6) is -4.31. The van der Waals surface area contributed by atoms with Gasteiger partial charge in [-0.25, -0.2) is 9.59 Å². The molecule has 6 atom stereocenters. The zero-order valence-corrected chi connectivity index (χ0v) is 23.5. The first kappa shape index (κ1) is 28.7. The van der Waals surface area contributed by atoms with Crippen LogP contribution in [0.15, 0.2) is 54.3 Å². The highest BCUT2D eigenvalue weighted by molar-refractivity contribution is 5.86. The molecule has 2 bridgehead atoms. The summed E-state index contributed by atoms with van der Waals surface area (Å²) in [5, 5.41) is 32.5. The van der Waals surface area contributed by atoms with Crippen molar-refractivity contribution in [1.29, 1.82) is 0 Å². The molecular weight excluding hydrogens is 562 g/mol. The minimum Gasteiger partial charge on any atom is -0.504 e. The van der Waals surface area contributed by atoms with Crippen LogP contribution in [0.4, 0.5) is 0 Å². The van der Waals surface area contributed by atoms with Gasteiger partial charge in [0.15, 0.2) is 17.6 Å². The second kappa shape index (κ2) is 10.4. The third-order valence-electron chi connectivity index (χ3n) is 9.07. The van der Waals surface area contributed by atoms with Crippen molar-refractivity contribution in [2.24, 2.45) is 0 Å². The molecule has 0 amide bonds. The van der Waals surface area contributed by atoms with Gasteiger partial charge in [0.05, 0.1) is 17.4 Å². The number of aliphatic hydroxyl groups is 1. The lowest BCUT2D eigenvalue weighted by Crippen LogP contribution is -2.74. The number of phenolic OH excluding ortho intramolecular Hbond substituents is 1. The molecule has 0 radical (unpaired) electrons. The fourth-order valence-electron chi connectivity index (χ4n) is 7.21. The lowest BCUT2D eigenvalue weighted by atomic mass is 9.50. The van der Waals surface area contributed by atoms with E-state index in [-0.39, 0.29) is 35.3 Å². The summed E-state index contributed by atoms with van der Waals surface area (Å²) in [6.45, 7) is 1.67. The largest absolute Gasteiger partial charge is 0.504 e. The Labute approximate surface area is 246 Å². The highest BCUT2D eigenvalue weighted by Gasteiger charge is 2.72. The highest BCUT2D eigenvalue weighted by atomic mass is 16.6. The fourth-order valence-corrected chi connectivity index (χ4v) is 7.21. The first-order chi connectivity index (χ1) is 20.5. The van der Waals surface area contributed by atoms with Gasteiger partial charge in [-0.3, -0.25) is 9.59 Å². The summed E-state index contributed by atoms with van der Waals surface area (Å²) in [5.41, 5.74) is -0.466. The number of aromatic hydroxyl groups is 1. The van der Waals surface area contributed by atoms with E-state index in [0.29, 0.717) is 24.9 Å². The van der Waals surface area contributed by atoms with Crippen molar-refractivity contribution >= 4 is 23.9 Å². The lowest BCUT2D eigenvalue weighted by Gasteiger charge is -2.61. The molecule has 0 aromatic heterocycles. The Morgan fingerprint density at radius 1 is 1.12 bits per heavy atom. The van der Waals surface area contributed by atoms with Crippen molar-refractivity contribution in [2.45, 2.75) is 68.0 Å². The van der Waals surface area contributed by atoms with Gasteiger partial charge >= 0.3 is 23.9 Å². The quantitative estimate of drug-likeness (QED) is 0.301. The zero-order valence-electron chi connectivity index (χ0n) is 23.5. The van der Waals surface area contributed by atoms with Crippen LogP contribution in [0, 0.1) is 0 Å². The van der Waals surface area contributed by atoms with Crippen LogP contribution in [0.5, 0.6) is 11.5 Å². The molecule has 2 aromatic rings. The van der Waals surface area contributed by atoms with Gasteiger partial charge in [-0.15, -0.1) is 0 Å². The number of carbonyl (C=O) groups is 4. The average Bonchev–Trinajstić information content (AvgIpc) is 3.32. The normalized spacial score (nSPS) is 27.9. The van der Waals surface area contributed by atoms with Crippen LogP contribution in [-0.4, -0.2) is 81.5 Å². The van der Waals surface area contributed by atoms with Crippen molar-refractivity contribution in [3.63, 3.8) is 0 Å². The number of hydrogen-bond acceptors (Lipinski definition) is 11. The van der Waals surface area contributed by atoms with Crippen LogP contribution in [-0.2, 0) is 45.2 Å². The topological polar surface area (TPSA) is 169 Å². The smallest absolute Gasteiger partial charge is 0.353 e. The number of carboxylic acid groups (broad SMARTS) is 1. The molecular formula is C31H31NO11. The zero-order chi connectivity index (χ0) is 30.7. The Morgan fingerprint density at radius 3 is 2.56 bits per heavy atom. The van der Waals surface area contributed by atoms with E-state index in [0.717, 1.165) is 12.5 Å². The van der Waals surface area contributed by atoms with E-state index < -0.39 is 59.6 Å². The maximum absolute atomic E-state index is 13.4. The van der Waals surface area contributed by atoms with E-state index in [1.54, 1.807) is 30.3 Å². The second-order valence-electron chi connectivity index (χ2n) is 11.4. The number of carbonyl (C=O) groups excluding carboxylic acids is 3. The molecule has 2 aliphatic carbocycles. The Balaban J connectivity index is 1.26. The van der Waals surface area contributed by atoms with Gasteiger partial charge in [0, 0.05) is 30.5 Å². The summed E-state index contributed by atoms with van der Waals surface area (Å²) in [4.78, 5) is 52.0. The molecule has 43 heavy (non-hydrogen) atoms. The fraction of sp³-hybridized carbons (Fsp3) is 0.419. The molecule has 0 saturated carbocycles. The third kappa shape index (κ3) is 4.43. The Morgan fingerprint density at radius 2 is 1.86 bits per heavy atom. The van der Waals surface area contributed by atoms with E-state index in [1.807, 2.05) is 13.1 Å². The molecule has 3 N–H and O–H groups in total. The molecule has 4 aliphatic rings.